The van der Waals surface area contributed by atoms with Crippen LogP contribution < -0.4 is 27.4 Å². The number of hydrogen-bond donors (Lipinski definition) is 5. The number of allylic oxidation sites excluding steroid dienone is 1. The molecule has 296 valence electrons. The van der Waals surface area contributed by atoms with E-state index in [1.54, 1.807) is 53.4 Å². The van der Waals surface area contributed by atoms with Crippen molar-refractivity contribution in [2.75, 3.05) is 11.5 Å². The third kappa shape index (κ3) is 6.84. The van der Waals surface area contributed by atoms with Gasteiger partial charge in [0.1, 0.15) is 18.1 Å². The SMILES string of the molecule is C=C1CCC(N2Cc3c(N)cccc3C2=O)C(=O)N1.Nc1cccc2c1C(=O)N(C1CCC(=O)NC1=O)C2=O.O=C1CCC(N2C(=O)c3ccccc3C2=O)C(=O)N1. The summed E-state index contributed by atoms with van der Waals surface area (Å²) < 4.78 is 0. The lowest BCUT2D eigenvalue weighted by Crippen LogP contribution is -2.54. The molecule has 3 atom stereocenters. The summed E-state index contributed by atoms with van der Waals surface area (Å²) in [5.74, 6) is -4.36. The van der Waals surface area contributed by atoms with Crippen molar-refractivity contribution in [3.8, 4) is 0 Å². The standard InChI is InChI=1S/C14H15N3O2.C13H11N3O4.C13H10N2O4/c1-8-5-6-12(13(18)16-8)17-7-10-9(14(17)19)3-2-4-11(10)15;14-7-3-1-2-6-10(7)13(20)16(12(6)19)8-4-5-9(17)15-11(8)18;16-10-6-5-9(11(17)14-10)15-12(18)7-3-1-2-4-8(7)13(15)19/h2-4,12H,1,5-7,15H2,(H,16,18);1-3,8H,4-5,14H2,(H,15,17,18);1-4,9H,5-6H2,(H,14,16,17). The van der Waals surface area contributed by atoms with E-state index in [2.05, 4.69) is 22.5 Å². The quantitative estimate of drug-likeness (QED) is 0.182. The summed E-state index contributed by atoms with van der Waals surface area (Å²) in [6.07, 6.45) is 1.85. The van der Waals surface area contributed by atoms with Crippen molar-refractivity contribution in [3.63, 3.8) is 0 Å². The smallest absolute Gasteiger partial charge is 0.264 e. The molecule has 10 amide bonds. The molecule has 3 fully saturated rings. The number of nitrogens with one attached hydrogen (secondary N) is 3. The van der Waals surface area contributed by atoms with E-state index in [1.807, 2.05) is 0 Å². The second-order valence-electron chi connectivity index (χ2n) is 14.2. The first kappa shape index (κ1) is 38.8. The Hall–Kier alpha value is -7.50. The fourth-order valence-corrected chi connectivity index (χ4v) is 7.65. The van der Waals surface area contributed by atoms with E-state index in [0.29, 0.717) is 47.5 Å². The first-order valence-corrected chi connectivity index (χ1v) is 18.3. The zero-order valence-corrected chi connectivity index (χ0v) is 30.7. The molecule has 3 saturated heterocycles. The van der Waals surface area contributed by atoms with Gasteiger partial charge in [0.15, 0.2) is 0 Å². The third-order valence-electron chi connectivity index (χ3n) is 10.6. The summed E-state index contributed by atoms with van der Waals surface area (Å²) >= 11 is 0. The van der Waals surface area contributed by atoms with Gasteiger partial charge in [-0.15, -0.1) is 0 Å². The average Bonchev–Trinajstić information content (AvgIpc) is 3.75. The molecule has 18 nitrogen and oxygen atoms in total. The van der Waals surface area contributed by atoms with Crippen LogP contribution in [0, 0.1) is 0 Å². The van der Waals surface area contributed by atoms with E-state index in [9.17, 15) is 47.9 Å². The zero-order chi connectivity index (χ0) is 41.6. The minimum absolute atomic E-state index is 0.0965. The number of imide groups is 4. The fraction of sp³-hybridized carbons (Fsp3) is 0.250. The number of nitrogens with two attached hydrogens (primary N) is 2. The molecule has 0 aromatic heterocycles. The number of fused-ring (bicyclic) bond motifs is 3. The van der Waals surface area contributed by atoms with Crippen LogP contribution in [-0.4, -0.2) is 91.9 Å². The summed E-state index contributed by atoms with van der Waals surface area (Å²) in [6.45, 7) is 4.15. The molecular weight excluding hydrogens is 752 g/mol. The molecule has 18 heteroatoms. The van der Waals surface area contributed by atoms with Crippen molar-refractivity contribution in [1.82, 2.24) is 30.7 Å². The van der Waals surface area contributed by atoms with Crippen LogP contribution in [0.15, 0.2) is 72.9 Å². The Kier molecular flexibility index (Phi) is 10.2. The molecule has 58 heavy (non-hydrogen) atoms. The predicted molar refractivity (Wildman–Crippen MR) is 202 cm³/mol. The van der Waals surface area contributed by atoms with Gasteiger partial charge in [0.2, 0.25) is 29.5 Å². The molecule has 6 aliphatic heterocycles. The monoisotopic (exact) mass is 788 g/mol. The number of piperidine rings is 3. The highest BCUT2D eigenvalue weighted by atomic mass is 16.2. The zero-order valence-electron chi connectivity index (χ0n) is 30.7. The second-order valence-corrected chi connectivity index (χ2v) is 14.2. The normalized spacial score (nSPS) is 22.3. The van der Waals surface area contributed by atoms with Crippen molar-refractivity contribution in [3.05, 3.63) is 106 Å². The molecule has 3 aromatic rings. The molecule has 0 spiro atoms. The Morgan fingerprint density at radius 1 is 0.500 bits per heavy atom. The van der Waals surface area contributed by atoms with E-state index in [1.165, 1.54) is 12.1 Å². The summed E-state index contributed by atoms with van der Waals surface area (Å²) in [6, 6.07) is 14.1. The van der Waals surface area contributed by atoms with Gasteiger partial charge >= 0.3 is 0 Å². The third-order valence-corrected chi connectivity index (χ3v) is 10.6. The maximum absolute atomic E-state index is 12.3. The van der Waals surface area contributed by atoms with Gasteiger partial charge in [-0.1, -0.05) is 30.8 Å². The molecule has 6 aliphatic rings. The maximum Gasteiger partial charge on any atom is 0.264 e. The molecule has 6 heterocycles. The van der Waals surface area contributed by atoms with Crippen LogP contribution in [0.3, 0.4) is 0 Å². The van der Waals surface area contributed by atoms with E-state index in [4.69, 9.17) is 11.5 Å². The van der Waals surface area contributed by atoms with Gasteiger partial charge < -0.3 is 21.7 Å². The minimum Gasteiger partial charge on any atom is -0.398 e. The van der Waals surface area contributed by atoms with Gasteiger partial charge in [0, 0.05) is 47.6 Å². The Morgan fingerprint density at radius 3 is 1.48 bits per heavy atom. The second kappa shape index (κ2) is 15.2. The Morgan fingerprint density at radius 2 is 0.966 bits per heavy atom. The van der Waals surface area contributed by atoms with Crippen LogP contribution in [0.2, 0.25) is 0 Å². The summed E-state index contributed by atoms with van der Waals surface area (Å²) in [5, 5.41) is 6.99. The van der Waals surface area contributed by atoms with Crippen LogP contribution >= 0.6 is 0 Å². The van der Waals surface area contributed by atoms with E-state index in [0.717, 1.165) is 15.4 Å². The number of carbonyl (C=O) groups is 10. The first-order chi connectivity index (χ1) is 27.7. The van der Waals surface area contributed by atoms with Crippen LogP contribution in [0.1, 0.15) is 95.9 Å². The number of carbonyl (C=O) groups excluding carboxylic acids is 10. The van der Waals surface area contributed by atoms with Gasteiger partial charge in [0.25, 0.3) is 29.5 Å². The molecule has 3 unspecified atom stereocenters. The molecule has 9 rings (SSSR count). The number of nitrogens with zero attached hydrogens (tertiary/aromatic N) is 3. The maximum atomic E-state index is 12.3. The van der Waals surface area contributed by atoms with Crippen molar-refractivity contribution < 1.29 is 47.9 Å². The van der Waals surface area contributed by atoms with Gasteiger partial charge in [0.05, 0.1) is 22.3 Å². The Labute approximate surface area is 329 Å². The van der Waals surface area contributed by atoms with Crippen LogP contribution in [0.5, 0.6) is 0 Å². The van der Waals surface area contributed by atoms with Gasteiger partial charge in [-0.25, -0.2) is 0 Å². The lowest BCUT2D eigenvalue weighted by molar-refractivity contribution is -0.137. The van der Waals surface area contributed by atoms with Crippen molar-refractivity contribution in [2.45, 2.75) is 63.2 Å². The van der Waals surface area contributed by atoms with Crippen LogP contribution in [0.4, 0.5) is 11.4 Å². The minimum atomic E-state index is -0.959. The first-order valence-electron chi connectivity index (χ1n) is 18.3. The Bertz CT molecular complexity index is 2370. The van der Waals surface area contributed by atoms with Crippen LogP contribution in [-0.2, 0) is 30.5 Å². The molecule has 0 saturated carbocycles. The van der Waals surface area contributed by atoms with Gasteiger partial charge in [-0.3, -0.25) is 68.4 Å². The van der Waals surface area contributed by atoms with Gasteiger partial charge in [-0.05, 0) is 62.1 Å². The number of nitrogen functional groups attached to an aromatic ring is 2. The highest BCUT2D eigenvalue weighted by Gasteiger charge is 2.46. The lowest BCUT2D eigenvalue weighted by atomic mass is 10.0. The molecular formula is C40H36N8O10. The van der Waals surface area contributed by atoms with Crippen molar-refractivity contribution in [2.24, 2.45) is 0 Å². The molecule has 7 N–H and O–H groups in total. The van der Waals surface area contributed by atoms with E-state index >= 15 is 0 Å². The van der Waals surface area contributed by atoms with Crippen molar-refractivity contribution in [1.29, 1.82) is 0 Å². The number of anilines is 2. The highest BCUT2D eigenvalue weighted by Crippen LogP contribution is 2.33. The molecule has 3 aromatic carbocycles. The number of hydrogen-bond acceptors (Lipinski definition) is 12. The molecule has 0 radical (unpaired) electrons. The highest BCUT2D eigenvalue weighted by molar-refractivity contribution is 6.25. The molecule has 0 aliphatic carbocycles. The summed E-state index contributed by atoms with van der Waals surface area (Å²) in [7, 11) is 0. The lowest BCUT2D eigenvalue weighted by Gasteiger charge is -2.30. The summed E-state index contributed by atoms with van der Waals surface area (Å²) in [5.41, 5.74) is 15.5. The molecule has 0 bridgehead atoms. The summed E-state index contributed by atoms with van der Waals surface area (Å²) in [4.78, 5) is 122. The van der Waals surface area contributed by atoms with Gasteiger partial charge in [-0.2, -0.15) is 0 Å². The fourth-order valence-electron chi connectivity index (χ4n) is 7.65. The van der Waals surface area contributed by atoms with E-state index < -0.39 is 59.5 Å². The predicted octanol–water partition coefficient (Wildman–Crippen LogP) is 0.775. The number of benzene rings is 3. The largest absolute Gasteiger partial charge is 0.398 e. The average molecular weight is 789 g/mol. The van der Waals surface area contributed by atoms with E-state index in [-0.39, 0.29) is 60.2 Å². The Balaban J connectivity index is 0.000000132. The van der Waals surface area contributed by atoms with Crippen LogP contribution in [0.25, 0.3) is 0 Å². The topological polar surface area (TPSA) is 269 Å². The number of amides is 10. The number of rotatable bonds is 3. The van der Waals surface area contributed by atoms with Crippen molar-refractivity contribution >= 4 is 70.4 Å².